The van der Waals surface area contributed by atoms with Crippen LogP contribution in [0.4, 0.5) is 0 Å². The van der Waals surface area contributed by atoms with Crippen LogP contribution in [0, 0.1) is 5.92 Å². The van der Waals surface area contributed by atoms with Crippen molar-refractivity contribution in [2.24, 2.45) is 5.92 Å². The second-order valence-corrected chi connectivity index (χ2v) is 6.19. The SMILES string of the molecule is CC(CNC1/C=C/CCCCC1)CN1CCCC1. The van der Waals surface area contributed by atoms with E-state index in [0.717, 1.165) is 5.92 Å². The van der Waals surface area contributed by atoms with Crippen LogP contribution in [0.2, 0.25) is 0 Å². The van der Waals surface area contributed by atoms with Crippen LogP contribution < -0.4 is 5.32 Å². The fourth-order valence-electron chi connectivity index (χ4n) is 3.15. The number of nitrogens with one attached hydrogen (secondary N) is 1. The molecule has 18 heavy (non-hydrogen) atoms. The Hall–Kier alpha value is -0.340. The van der Waals surface area contributed by atoms with Crippen molar-refractivity contribution in [2.75, 3.05) is 26.2 Å². The molecule has 2 rings (SSSR count). The molecular weight excluding hydrogens is 220 g/mol. The molecule has 1 saturated heterocycles. The highest BCUT2D eigenvalue weighted by atomic mass is 15.1. The molecule has 2 aliphatic rings. The third kappa shape index (κ3) is 5.11. The molecule has 1 aliphatic carbocycles. The minimum atomic E-state index is 0.631. The van der Waals surface area contributed by atoms with E-state index < -0.39 is 0 Å². The maximum absolute atomic E-state index is 3.75. The Morgan fingerprint density at radius 1 is 1.17 bits per heavy atom. The molecule has 0 aromatic heterocycles. The van der Waals surface area contributed by atoms with Gasteiger partial charge in [0.25, 0.3) is 0 Å². The molecule has 0 aromatic rings. The van der Waals surface area contributed by atoms with Gasteiger partial charge < -0.3 is 10.2 Å². The van der Waals surface area contributed by atoms with Gasteiger partial charge in [-0.1, -0.05) is 31.9 Å². The van der Waals surface area contributed by atoms with Crippen molar-refractivity contribution in [3.8, 4) is 0 Å². The van der Waals surface area contributed by atoms with Crippen LogP contribution in [-0.2, 0) is 0 Å². The minimum absolute atomic E-state index is 0.631. The molecule has 1 aliphatic heterocycles. The Bertz CT molecular complexity index is 243. The molecule has 2 unspecified atom stereocenters. The van der Waals surface area contributed by atoms with Crippen LogP contribution in [0.1, 0.15) is 51.9 Å². The van der Waals surface area contributed by atoms with Gasteiger partial charge in [-0.25, -0.2) is 0 Å². The van der Waals surface area contributed by atoms with Crippen LogP contribution >= 0.6 is 0 Å². The van der Waals surface area contributed by atoms with Crippen LogP contribution in [0.3, 0.4) is 0 Å². The second kappa shape index (κ2) is 7.96. The van der Waals surface area contributed by atoms with E-state index in [0.29, 0.717) is 6.04 Å². The Morgan fingerprint density at radius 2 is 2.00 bits per heavy atom. The first-order valence-corrected chi connectivity index (χ1v) is 7.97. The zero-order chi connectivity index (χ0) is 12.6. The van der Waals surface area contributed by atoms with Crippen molar-refractivity contribution in [3.63, 3.8) is 0 Å². The van der Waals surface area contributed by atoms with Crippen LogP contribution in [0.25, 0.3) is 0 Å². The maximum atomic E-state index is 3.75. The predicted octanol–water partition coefficient (Wildman–Crippen LogP) is 3.20. The first-order chi connectivity index (χ1) is 8.84. The van der Waals surface area contributed by atoms with Crippen molar-refractivity contribution < 1.29 is 0 Å². The van der Waals surface area contributed by atoms with Crippen molar-refractivity contribution in [3.05, 3.63) is 12.2 Å². The molecular formula is C16H30N2. The lowest BCUT2D eigenvalue weighted by Crippen LogP contribution is -2.36. The minimum Gasteiger partial charge on any atom is -0.310 e. The molecule has 1 fully saturated rings. The number of likely N-dealkylation sites (tertiary alicyclic amines) is 1. The van der Waals surface area contributed by atoms with Crippen molar-refractivity contribution in [1.82, 2.24) is 10.2 Å². The first kappa shape index (κ1) is 14.1. The van der Waals surface area contributed by atoms with Crippen LogP contribution in [0.5, 0.6) is 0 Å². The van der Waals surface area contributed by atoms with E-state index in [-0.39, 0.29) is 0 Å². The summed E-state index contributed by atoms with van der Waals surface area (Å²) < 4.78 is 0. The smallest absolute Gasteiger partial charge is 0.0250 e. The van der Waals surface area contributed by atoms with Gasteiger partial charge in [-0.2, -0.15) is 0 Å². The van der Waals surface area contributed by atoms with Crippen LogP contribution in [-0.4, -0.2) is 37.1 Å². The molecule has 2 atom stereocenters. The van der Waals surface area contributed by atoms with E-state index in [1.807, 2.05) is 0 Å². The van der Waals surface area contributed by atoms with E-state index >= 15 is 0 Å². The summed E-state index contributed by atoms with van der Waals surface area (Å²) in [4.78, 5) is 2.63. The van der Waals surface area contributed by atoms with Gasteiger partial charge in [-0.3, -0.25) is 0 Å². The molecule has 0 bridgehead atoms. The Morgan fingerprint density at radius 3 is 2.83 bits per heavy atom. The Labute approximate surface area is 113 Å². The van der Waals surface area contributed by atoms with Gasteiger partial charge in [-0.05, 0) is 57.7 Å². The van der Waals surface area contributed by atoms with Gasteiger partial charge in [0.15, 0.2) is 0 Å². The maximum Gasteiger partial charge on any atom is 0.0250 e. The number of hydrogen-bond donors (Lipinski definition) is 1. The first-order valence-electron chi connectivity index (χ1n) is 7.97. The summed E-state index contributed by atoms with van der Waals surface area (Å²) in [5, 5.41) is 3.75. The summed E-state index contributed by atoms with van der Waals surface area (Å²) >= 11 is 0. The lowest BCUT2D eigenvalue weighted by molar-refractivity contribution is 0.279. The van der Waals surface area contributed by atoms with E-state index in [4.69, 9.17) is 0 Å². The quantitative estimate of drug-likeness (QED) is 0.754. The molecule has 1 N–H and O–H groups in total. The molecule has 0 radical (unpaired) electrons. The molecule has 0 amide bonds. The predicted molar refractivity (Wildman–Crippen MR) is 78.9 cm³/mol. The highest BCUT2D eigenvalue weighted by Gasteiger charge is 2.15. The highest BCUT2D eigenvalue weighted by Crippen LogP contribution is 2.13. The van der Waals surface area contributed by atoms with E-state index in [1.165, 1.54) is 71.1 Å². The van der Waals surface area contributed by atoms with Crippen LogP contribution in [0.15, 0.2) is 12.2 Å². The number of hydrogen-bond acceptors (Lipinski definition) is 2. The summed E-state index contributed by atoms with van der Waals surface area (Å²) in [7, 11) is 0. The molecule has 2 heteroatoms. The van der Waals surface area contributed by atoms with E-state index in [2.05, 4.69) is 29.3 Å². The van der Waals surface area contributed by atoms with Gasteiger partial charge in [0.1, 0.15) is 0 Å². The summed E-state index contributed by atoms with van der Waals surface area (Å²) in [5.41, 5.74) is 0. The standard InChI is InChI=1S/C16H30N2/c1-15(14-18-11-7-8-12-18)13-17-16-9-5-3-2-4-6-10-16/h5,9,15-17H,2-4,6-8,10-14H2,1H3/b9-5+. The highest BCUT2D eigenvalue weighted by molar-refractivity contribution is 4.94. The van der Waals surface area contributed by atoms with E-state index in [1.54, 1.807) is 0 Å². The lowest BCUT2D eigenvalue weighted by Gasteiger charge is -2.23. The number of rotatable bonds is 5. The third-order valence-electron chi connectivity index (χ3n) is 4.25. The third-order valence-corrected chi connectivity index (χ3v) is 4.25. The zero-order valence-corrected chi connectivity index (χ0v) is 12.0. The Balaban J connectivity index is 1.64. The normalized spacial score (nSPS) is 29.7. The summed E-state index contributed by atoms with van der Waals surface area (Å²) in [5.74, 6) is 0.780. The van der Waals surface area contributed by atoms with Crippen molar-refractivity contribution >= 4 is 0 Å². The molecule has 104 valence electrons. The fraction of sp³-hybridized carbons (Fsp3) is 0.875. The molecule has 0 spiro atoms. The zero-order valence-electron chi connectivity index (χ0n) is 12.0. The average Bonchev–Trinajstić information content (AvgIpc) is 2.80. The van der Waals surface area contributed by atoms with E-state index in [9.17, 15) is 0 Å². The fourth-order valence-corrected chi connectivity index (χ4v) is 3.15. The topological polar surface area (TPSA) is 15.3 Å². The summed E-state index contributed by atoms with van der Waals surface area (Å²) in [6.45, 7) is 7.49. The van der Waals surface area contributed by atoms with Gasteiger partial charge in [0.2, 0.25) is 0 Å². The van der Waals surface area contributed by atoms with Gasteiger partial charge in [0, 0.05) is 12.6 Å². The number of allylic oxidation sites excluding steroid dienone is 1. The molecule has 0 saturated carbocycles. The molecule has 1 heterocycles. The summed E-state index contributed by atoms with van der Waals surface area (Å²) in [6, 6.07) is 0.631. The molecule has 2 nitrogen and oxygen atoms in total. The average molecular weight is 250 g/mol. The lowest BCUT2D eigenvalue weighted by atomic mass is 10.0. The van der Waals surface area contributed by atoms with Gasteiger partial charge >= 0.3 is 0 Å². The van der Waals surface area contributed by atoms with Gasteiger partial charge in [-0.15, -0.1) is 0 Å². The number of nitrogens with zero attached hydrogens (tertiary/aromatic N) is 1. The Kier molecular flexibility index (Phi) is 6.22. The monoisotopic (exact) mass is 250 g/mol. The second-order valence-electron chi connectivity index (χ2n) is 6.19. The van der Waals surface area contributed by atoms with Gasteiger partial charge in [0.05, 0.1) is 0 Å². The largest absolute Gasteiger partial charge is 0.310 e. The molecule has 0 aromatic carbocycles. The van der Waals surface area contributed by atoms with Crippen molar-refractivity contribution in [1.29, 1.82) is 0 Å². The summed E-state index contributed by atoms with van der Waals surface area (Å²) in [6.07, 6.45) is 14.4. The van der Waals surface area contributed by atoms with Crippen molar-refractivity contribution in [2.45, 2.75) is 57.9 Å².